The summed E-state index contributed by atoms with van der Waals surface area (Å²) in [4.78, 5) is 14.4. The van der Waals surface area contributed by atoms with Gasteiger partial charge in [0.2, 0.25) is 0 Å². The van der Waals surface area contributed by atoms with Gasteiger partial charge in [0, 0.05) is 12.6 Å². The largest absolute Gasteiger partial charge is 0.476 e. The molecule has 2 rings (SSSR count). The van der Waals surface area contributed by atoms with Gasteiger partial charge in [-0.2, -0.15) is 5.10 Å². The number of carbonyl (C=O) groups is 1. The van der Waals surface area contributed by atoms with E-state index < -0.39 is 41.2 Å². The van der Waals surface area contributed by atoms with Crippen LogP contribution >= 0.6 is 0 Å². The minimum absolute atomic E-state index is 0.314. The number of nitrogens with zero attached hydrogens (tertiary/aromatic N) is 3. The van der Waals surface area contributed by atoms with Crippen LogP contribution < -0.4 is 0 Å². The highest BCUT2D eigenvalue weighted by Gasteiger charge is 2.26. The molecule has 2 aromatic rings. The predicted octanol–water partition coefficient (Wildman–Crippen LogP) is 2.54. The number of halogens is 4. The van der Waals surface area contributed by atoms with Crippen molar-refractivity contribution in [2.24, 2.45) is 7.05 Å². The van der Waals surface area contributed by atoms with E-state index in [1.165, 1.54) is 7.05 Å². The topological polar surface area (TPSA) is 68.0 Å². The monoisotopic (exact) mass is 277 g/mol. The lowest BCUT2D eigenvalue weighted by molar-refractivity contribution is 0.0691. The van der Waals surface area contributed by atoms with Crippen LogP contribution in [0.4, 0.5) is 17.6 Å². The highest BCUT2D eigenvalue weighted by Crippen LogP contribution is 2.32. The van der Waals surface area contributed by atoms with Crippen LogP contribution in [0.15, 0.2) is 6.07 Å². The van der Waals surface area contributed by atoms with Gasteiger partial charge in [-0.15, -0.1) is 0 Å². The van der Waals surface area contributed by atoms with Crippen LogP contribution in [-0.4, -0.2) is 25.8 Å². The van der Waals surface area contributed by atoms with Crippen molar-refractivity contribution in [3.8, 4) is 0 Å². The zero-order valence-electron chi connectivity index (χ0n) is 9.44. The summed E-state index contributed by atoms with van der Waals surface area (Å²) < 4.78 is 51.8. The van der Waals surface area contributed by atoms with Gasteiger partial charge in [0.1, 0.15) is 5.69 Å². The number of aromatic nitrogens is 3. The Bertz CT molecular complexity index is 654. The van der Waals surface area contributed by atoms with Crippen LogP contribution in [-0.2, 0) is 7.05 Å². The van der Waals surface area contributed by atoms with Crippen LogP contribution in [0.25, 0.3) is 11.0 Å². The Morgan fingerprint density at radius 1 is 1.32 bits per heavy atom. The molecule has 0 aromatic carbocycles. The number of carboxylic acid groups (broad SMARTS) is 1. The number of aromatic carboxylic acids is 1. The molecule has 0 saturated heterocycles. The minimum Gasteiger partial charge on any atom is -0.476 e. The molecule has 0 amide bonds. The van der Waals surface area contributed by atoms with E-state index in [1.807, 2.05) is 0 Å². The summed E-state index contributed by atoms with van der Waals surface area (Å²) in [5.41, 5.74) is -2.61. The first-order chi connectivity index (χ1) is 8.82. The highest BCUT2D eigenvalue weighted by molar-refractivity contribution is 6.01. The Morgan fingerprint density at radius 3 is 2.42 bits per heavy atom. The Hall–Kier alpha value is -2.19. The third-order valence-corrected chi connectivity index (χ3v) is 2.51. The molecule has 2 heterocycles. The number of aryl methyl sites for hydroxylation is 1. The molecule has 0 fully saturated rings. The molecule has 5 nitrogen and oxygen atoms in total. The van der Waals surface area contributed by atoms with Gasteiger partial charge < -0.3 is 5.11 Å². The Kier molecular flexibility index (Phi) is 3.13. The van der Waals surface area contributed by atoms with Crippen molar-refractivity contribution in [2.45, 2.75) is 12.9 Å². The summed E-state index contributed by atoms with van der Waals surface area (Å²) in [6.45, 7) is 0. The summed E-state index contributed by atoms with van der Waals surface area (Å²) in [6, 6.07) is 0.506. The molecule has 0 atom stereocenters. The van der Waals surface area contributed by atoms with E-state index in [4.69, 9.17) is 5.11 Å². The number of alkyl halides is 4. The van der Waals surface area contributed by atoms with Gasteiger partial charge >= 0.3 is 5.97 Å². The third kappa shape index (κ3) is 2.11. The van der Waals surface area contributed by atoms with Crippen molar-refractivity contribution < 1.29 is 27.5 Å². The van der Waals surface area contributed by atoms with E-state index >= 15 is 0 Å². The Labute approximate surface area is 103 Å². The van der Waals surface area contributed by atoms with Gasteiger partial charge in [-0.25, -0.2) is 32.0 Å². The van der Waals surface area contributed by atoms with Crippen molar-refractivity contribution >= 4 is 17.0 Å². The van der Waals surface area contributed by atoms with Gasteiger partial charge in [0.05, 0.1) is 5.39 Å². The molecule has 0 saturated carbocycles. The molecule has 0 unspecified atom stereocenters. The van der Waals surface area contributed by atoms with Crippen LogP contribution in [0, 0.1) is 0 Å². The normalized spacial score (nSPS) is 11.7. The maximum Gasteiger partial charge on any atom is 0.357 e. The Morgan fingerprint density at radius 2 is 1.95 bits per heavy atom. The van der Waals surface area contributed by atoms with Gasteiger partial charge in [0.25, 0.3) is 12.9 Å². The van der Waals surface area contributed by atoms with E-state index in [-0.39, 0.29) is 5.65 Å². The summed E-state index contributed by atoms with van der Waals surface area (Å²) in [6.07, 6.45) is -6.14. The summed E-state index contributed by atoms with van der Waals surface area (Å²) in [7, 11) is 1.24. The van der Waals surface area contributed by atoms with Gasteiger partial charge in [-0.1, -0.05) is 0 Å². The zero-order chi connectivity index (χ0) is 14.3. The number of carboxylic acids is 1. The van der Waals surface area contributed by atoms with Crippen molar-refractivity contribution in [1.82, 2.24) is 14.8 Å². The predicted molar refractivity (Wildman–Crippen MR) is 55.4 cm³/mol. The van der Waals surface area contributed by atoms with Crippen LogP contribution in [0.5, 0.6) is 0 Å². The fourth-order valence-electron chi connectivity index (χ4n) is 1.73. The quantitative estimate of drug-likeness (QED) is 0.875. The summed E-state index contributed by atoms with van der Waals surface area (Å²) in [5.74, 6) is -1.53. The van der Waals surface area contributed by atoms with E-state index in [9.17, 15) is 22.4 Å². The lowest BCUT2D eigenvalue weighted by atomic mass is 10.1. The molecule has 9 heteroatoms. The molecule has 0 aliphatic heterocycles. The molecule has 0 aliphatic carbocycles. The highest BCUT2D eigenvalue weighted by atomic mass is 19.3. The zero-order valence-corrected chi connectivity index (χ0v) is 9.44. The lowest BCUT2D eigenvalue weighted by Crippen LogP contribution is -2.01. The molecule has 2 aromatic heterocycles. The number of rotatable bonds is 3. The van der Waals surface area contributed by atoms with Crippen LogP contribution in [0.1, 0.15) is 34.6 Å². The fourth-order valence-corrected chi connectivity index (χ4v) is 1.73. The molecule has 0 bridgehead atoms. The number of fused-ring (bicyclic) bond motifs is 1. The van der Waals surface area contributed by atoms with Crippen molar-refractivity contribution in [2.75, 3.05) is 0 Å². The maximum absolute atomic E-state index is 12.9. The maximum atomic E-state index is 12.9. The van der Waals surface area contributed by atoms with Crippen LogP contribution in [0.2, 0.25) is 0 Å². The minimum atomic E-state index is -3.11. The molecular formula is C10H7F4N3O2. The van der Waals surface area contributed by atoms with E-state index in [2.05, 4.69) is 10.1 Å². The number of hydrogen-bond donors (Lipinski definition) is 1. The van der Waals surface area contributed by atoms with Crippen LogP contribution in [0.3, 0.4) is 0 Å². The molecule has 0 aliphatic rings. The first-order valence-corrected chi connectivity index (χ1v) is 5.00. The smallest absolute Gasteiger partial charge is 0.357 e. The van der Waals surface area contributed by atoms with Crippen molar-refractivity contribution in [3.63, 3.8) is 0 Å². The standard InChI is InChI=1S/C10H7F4N3O2/c1-17-9-5(6(16-17)10(18)19)3(7(11)12)2-4(15-9)8(13)14/h2,7-8H,1H3,(H,18,19). The molecule has 0 radical (unpaired) electrons. The second-order valence-corrected chi connectivity index (χ2v) is 3.71. The van der Waals surface area contributed by atoms with Gasteiger partial charge in [-0.05, 0) is 6.07 Å². The van der Waals surface area contributed by atoms with E-state index in [0.717, 1.165) is 4.68 Å². The van der Waals surface area contributed by atoms with Gasteiger partial charge in [-0.3, -0.25) is 0 Å². The Balaban J connectivity index is 2.89. The second kappa shape index (κ2) is 4.48. The third-order valence-electron chi connectivity index (χ3n) is 2.51. The first kappa shape index (κ1) is 13.2. The molecule has 19 heavy (non-hydrogen) atoms. The second-order valence-electron chi connectivity index (χ2n) is 3.71. The average molecular weight is 277 g/mol. The van der Waals surface area contributed by atoms with Crippen molar-refractivity contribution in [3.05, 3.63) is 23.0 Å². The molecule has 0 spiro atoms. The summed E-state index contributed by atoms with van der Waals surface area (Å²) in [5, 5.41) is 12.0. The fraction of sp³-hybridized carbons (Fsp3) is 0.300. The first-order valence-electron chi connectivity index (χ1n) is 5.00. The van der Waals surface area contributed by atoms with Gasteiger partial charge in [0.15, 0.2) is 11.3 Å². The summed E-state index contributed by atoms with van der Waals surface area (Å²) >= 11 is 0. The van der Waals surface area contributed by atoms with Crippen molar-refractivity contribution in [1.29, 1.82) is 0 Å². The lowest BCUT2D eigenvalue weighted by Gasteiger charge is -2.06. The SMILES string of the molecule is Cn1nc(C(=O)O)c2c(C(F)F)cc(C(F)F)nc21. The average Bonchev–Trinajstić information content (AvgIpc) is 2.66. The number of hydrogen-bond acceptors (Lipinski definition) is 3. The van der Waals surface area contributed by atoms with E-state index in [0.29, 0.717) is 6.07 Å². The van der Waals surface area contributed by atoms with E-state index in [1.54, 1.807) is 0 Å². The molecule has 1 N–H and O–H groups in total. The molecular weight excluding hydrogens is 270 g/mol. The number of pyridine rings is 1. The molecule has 102 valence electrons.